The third kappa shape index (κ3) is 4.14. The molecule has 164 valence electrons. The van der Waals surface area contributed by atoms with E-state index in [-0.39, 0.29) is 31.0 Å². The van der Waals surface area contributed by atoms with Gasteiger partial charge in [-0.15, -0.1) is 0 Å². The summed E-state index contributed by atoms with van der Waals surface area (Å²) < 4.78 is 48.1. The molecule has 29 heavy (non-hydrogen) atoms. The minimum atomic E-state index is -4.13. The molecule has 4 fully saturated rings. The average Bonchev–Trinajstić information content (AvgIpc) is 3.28. The van der Waals surface area contributed by atoms with Gasteiger partial charge in [0.25, 0.3) is 0 Å². The van der Waals surface area contributed by atoms with Gasteiger partial charge in [-0.1, -0.05) is 0 Å². The van der Waals surface area contributed by atoms with Gasteiger partial charge in [-0.25, -0.2) is 9.11 Å². The highest BCUT2D eigenvalue weighted by molar-refractivity contribution is 7.88. The number of hydrogen-bond acceptors (Lipinski definition) is 6. The lowest BCUT2D eigenvalue weighted by atomic mass is 9.66. The third-order valence-electron chi connectivity index (χ3n) is 6.76. The number of nitrogens with one attached hydrogen (secondary N) is 1. The molecule has 4 aliphatic rings. The van der Waals surface area contributed by atoms with Gasteiger partial charge in [0.15, 0.2) is 0 Å². The Hall–Kier alpha value is -1.30. The van der Waals surface area contributed by atoms with E-state index in [9.17, 15) is 23.1 Å². The number of alkyl halides is 1. The lowest BCUT2D eigenvalue weighted by Gasteiger charge is -2.47. The van der Waals surface area contributed by atoms with Crippen LogP contribution in [0.2, 0.25) is 0 Å². The van der Waals surface area contributed by atoms with Crippen LogP contribution < -0.4 is 4.72 Å². The van der Waals surface area contributed by atoms with Crippen LogP contribution in [-0.2, 0) is 24.5 Å². The fourth-order valence-electron chi connectivity index (χ4n) is 5.30. The molecular formula is C18H28FN3O6S. The molecule has 0 aromatic rings. The van der Waals surface area contributed by atoms with Crippen molar-refractivity contribution >= 4 is 22.0 Å². The van der Waals surface area contributed by atoms with Crippen LogP contribution in [0.5, 0.6) is 0 Å². The molecular weight excluding hydrogens is 405 g/mol. The smallest absolute Gasteiger partial charge is 0.304 e. The Kier molecular flexibility index (Phi) is 5.84. The fourth-order valence-corrected chi connectivity index (χ4v) is 6.64. The van der Waals surface area contributed by atoms with E-state index in [0.717, 1.165) is 30.2 Å². The number of fused-ring (bicyclic) bond motifs is 1. The number of likely N-dealkylation sites (tertiary alicyclic amines) is 1. The van der Waals surface area contributed by atoms with E-state index < -0.39 is 46.9 Å². The first-order valence-electron chi connectivity index (χ1n) is 10.3. The van der Waals surface area contributed by atoms with Gasteiger partial charge in [0.1, 0.15) is 12.8 Å². The lowest BCUT2D eigenvalue weighted by Crippen LogP contribution is -2.59. The number of halogens is 1. The highest BCUT2D eigenvalue weighted by Crippen LogP contribution is 2.45. The summed E-state index contributed by atoms with van der Waals surface area (Å²) in [6.45, 7) is 0.998. The summed E-state index contributed by atoms with van der Waals surface area (Å²) in [7, 11) is -4.13. The number of amides is 2. The zero-order valence-electron chi connectivity index (χ0n) is 16.2. The van der Waals surface area contributed by atoms with Crippen LogP contribution in [0.25, 0.3) is 0 Å². The first kappa shape index (κ1) is 21.0. The van der Waals surface area contributed by atoms with Crippen LogP contribution in [-0.4, -0.2) is 85.2 Å². The molecule has 0 radical (unpaired) electrons. The molecule has 2 aliphatic carbocycles. The summed E-state index contributed by atoms with van der Waals surface area (Å²) in [6, 6.07) is -1.29. The molecule has 2 saturated carbocycles. The second-order valence-corrected chi connectivity index (χ2v) is 10.2. The highest BCUT2D eigenvalue weighted by atomic mass is 32.2. The largest absolute Gasteiger partial charge is 0.391 e. The van der Waals surface area contributed by atoms with Crippen LogP contribution in [0.3, 0.4) is 0 Å². The molecule has 0 bridgehead atoms. The van der Waals surface area contributed by atoms with Gasteiger partial charge >= 0.3 is 10.2 Å². The van der Waals surface area contributed by atoms with Crippen LogP contribution in [0, 0.1) is 11.8 Å². The van der Waals surface area contributed by atoms with E-state index in [2.05, 4.69) is 0 Å². The fraction of sp³-hybridized carbons (Fsp3) is 0.889. The highest BCUT2D eigenvalue weighted by Gasteiger charge is 2.53. The molecule has 9 nitrogen and oxygen atoms in total. The summed E-state index contributed by atoms with van der Waals surface area (Å²) in [6.07, 6.45) is 0.961. The quantitative estimate of drug-likeness (QED) is 0.621. The van der Waals surface area contributed by atoms with Crippen molar-refractivity contribution in [3.8, 4) is 0 Å². The number of carbonyl (C=O) groups excluding carboxylic acids is 2. The predicted molar refractivity (Wildman–Crippen MR) is 99.5 cm³/mol. The van der Waals surface area contributed by atoms with Crippen molar-refractivity contribution in [1.82, 2.24) is 13.9 Å². The zero-order valence-corrected chi connectivity index (χ0v) is 17.0. The van der Waals surface area contributed by atoms with E-state index in [1.165, 1.54) is 0 Å². The Labute approximate surface area is 169 Å². The third-order valence-corrected chi connectivity index (χ3v) is 8.23. The van der Waals surface area contributed by atoms with E-state index in [1.54, 1.807) is 4.90 Å². The molecule has 2 saturated heterocycles. The first-order chi connectivity index (χ1) is 13.8. The summed E-state index contributed by atoms with van der Waals surface area (Å²) >= 11 is 0. The van der Waals surface area contributed by atoms with Gasteiger partial charge in [0.2, 0.25) is 11.8 Å². The molecule has 0 aromatic carbocycles. The number of carbonyl (C=O) groups is 2. The number of aliphatic hydroxyl groups excluding tert-OH is 1. The van der Waals surface area contributed by atoms with Crippen molar-refractivity contribution in [1.29, 1.82) is 0 Å². The van der Waals surface area contributed by atoms with Gasteiger partial charge in [0, 0.05) is 13.1 Å². The second-order valence-electron chi connectivity index (χ2n) is 8.57. The Bertz CT molecular complexity index is 759. The molecule has 4 rings (SSSR count). The summed E-state index contributed by atoms with van der Waals surface area (Å²) in [5.74, 6) is -1.32. The number of rotatable bonds is 4. The van der Waals surface area contributed by atoms with Crippen LogP contribution >= 0.6 is 0 Å². The molecule has 6 unspecified atom stereocenters. The minimum Gasteiger partial charge on any atom is -0.391 e. The molecule has 2 heterocycles. The summed E-state index contributed by atoms with van der Waals surface area (Å²) in [5, 5.41) is 10.5. The van der Waals surface area contributed by atoms with Gasteiger partial charge in [-0.2, -0.15) is 12.7 Å². The van der Waals surface area contributed by atoms with Crippen molar-refractivity contribution in [2.45, 2.75) is 62.9 Å². The maximum atomic E-state index is 15.4. The monoisotopic (exact) mass is 433 g/mol. The first-order valence-corrected chi connectivity index (χ1v) is 11.7. The van der Waals surface area contributed by atoms with Crippen LogP contribution in [0.1, 0.15) is 38.5 Å². The lowest BCUT2D eigenvalue weighted by molar-refractivity contribution is -0.140. The van der Waals surface area contributed by atoms with E-state index in [1.807, 2.05) is 4.72 Å². The van der Waals surface area contributed by atoms with Gasteiger partial charge in [-0.3, -0.25) is 9.59 Å². The zero-order chi connectivity index (χ0) is 20.8. The minimum absolute atomic E-state index is 0.0238. The number of aliphatic hydroxyl groups is 1. The molecule has 0 aromatic heterocycles. The Morgan fingerprint density at radius 1 is 1.24 bits per heavy atom. The molecule has 11 heteroatoms. The SMILES string of the molecule is O=C1CN(C2C(O)CC3CCC(OCC(=O)N4CCCC4)CC3C2F)S(=O)(=O)N1. The Morgan fingerprint density at radius 2 is 1.97 bits per heavy atom. The van der Waals surface area contributed by atoms with Gasteiger partial charge < -0.3 is 14.7 Å². The summed E-state index contributed by atoms with van der Waals surface area (Å²) in [4.78, 5) is 25.5. The molecule has 6 atom stereocenters. The molecule has 2 N–H and O–H groups in total. The van der Waals surface area contributed by atoms with Gasteiger partial charge in [0.05, 0.1) is 24.8 Å². The average molecular weight is 434 g/mol. The molecule has 0 spiro atoms. The maximum Gasteiger partial charge on any atom is 0.304 e. The van der Waals surface area contributed by atoms with Crippen molar-refractivity contribution < 1.29 is 32.2 Å². The Morgan fingerprint density at radius 3 is 2.62 bits per heavy atom. The normalized spacial score (nSPS) is 39.9. The second kappa shape index (κ2) is 8.09. The summed E-state index contributed by atoms with van der Waals surface area (Å²) in [5.41, 5.74) is 0. The predicted octanol–water partition coefficient (Wildman–Crippen LogP) is -0.442. The van der Waals surface area contributed by atoms with Crippen LogP contribution in [0.15, 0.2) is 0 Å². The van der Waals surface area contributed by atoms with Gasteiger partial charge in [-0.05, 0) is 50.4 Å². The topological polar surface area (TPSA) is 116 Å². The number of nitrogens with zero attached hydrogens (tertiary/aromatic N) is 2. The Balaban J connectivity index is 1.40. The molecule has 2 amide bonds. The molecule has 2 aliphatic heterocycles. The van der Waals surface area contributed by atoms with E-state index in [4.69, 9.17) is 4.74 Å². The number of ether oxygens (including phenoxy) is 1. The van der Waals surface area contributed by atoms with Crippen molar-refractivity contribution in [2.75, 3.05) is 26.2 Å². The number of hydrogen-bond donors (Lipinski definition) is 2. The van der Waals surface area contributed by atoms with E-state index in [0.29, 0.717) is 19.3 Å². The van der Waals surface area contributed by atoms with E-state index >= 15 is 4.39 Å². The standard InChI is InChI=1S/C18H28FN3O6S/c19-17-13-8-12(28-10-16(25)21-5-1-2-6-21)4-3-11(13)7-14(23)18(17)22-9-15(24)20-29(22,26)27/h11-14,17-18,23H,1-10H2,(H,20,24). The van der Waals surface area contributed by atoms with Crippen molar-refractivity contribution in [2.24, 2.45) is 11.8 Å². The van der Waals surface area contributed by atoms with Crippen molar-refractivity contribution in [3.05, 3.63) is 0 Å². The van der Waals surface area contributed by atoms with Crippen LogP contribution in [0.4, 0.5) is 4.39 Å². The maximum absolute atomic E-state index is 15.4. The van der Waals surface area contributed by atoms with Crippen molar-refractivity contribution in [3.63, 3.8) is 0 Å².